The van der Waals surface area contributed by atoms with E-state index in [1.54, 1.807) is 12.3 Å². The highest BCUT2D eigenvalue weighted by atomic mass is 127. The fourth-order valence-electron chi connectivity index (χ4n) is 1.95. The van der Waals surface area contributed by atoms with Gasteiger partial charge >= 0.3 is 0 Å². The number of aromatic nitrogens is 2. The van der Waals surface area contributed by atoms with Crippen molar-refractivity contribution >= 4 is 49.3 Å². The zero-order chi connectivity index (χ0) is 15.9. The smallest absolute Gasteiger partial charge is 0.264 e. The van der Waals surface area contributed by atoms with E-state index in [1.807, 2.05) is 22.6 Å². The molecule has 0 spiro atoms. The molecule has 0 aliphatic carbocycles. The fourth-order valence-corrected chi connectivity index (χ4v) is 3.62. The van der Waals surface area contributed by atoms with Gasteiger partial charge in [-0.05, 0) is 40.8 Å². The van der Waals surface area contributed by atoms with Crippen LogP contribution in [-0.2, 0) is 10.0 Å². The van der Waals surface area contributed by atoms with Gasteiger partial charge in [0.2, 0.25) is 0 Å². The number of fused-ring (bicyclic) bond motifs is 1. The third-order valence-electron chi connectivity index (χ3n) is 2.92. The van der Waals surface area contributed by atoms with Crippen LogP contribution in [0, 0.1) is 15.2 Å². The number of hydrogen-bond acceptors (Lipinski definition) is 3. The molecule has 0 fully saturated rings. The number of aromatic amines is 1. The van der Waals surface area contributed by atoms with Crippen LogP contribution in [0.4, 0.5) is 14.5 Å². The number of nitrogens with one attached hydrogen (secondary N) is 2. The van der Waals surface area contributed by atoms with Crippen molar-refractivity contribution in [1.82, 2.24) is 9.97 Å². The SMILES string of the molecule is O=S(=O)(Nc1ccc(F)cc1F)c1c[nH]c2ncc(I)cc12. The van der Waals surface area contributed by atoms with Crippen LogP contribution in [0.25, 0.3) is 11.0 Å². The highest BCUT2D eigenvalue weighted by Crippen LogP contribution is 2.26. The number of H-pyrrole nitrogens is 1. The lowest BCUT2D eigenvalue weighted by Gasteiger charge is -2.08. The first-order valence-electron chi connectivity index (χ1n) is 5.97. The number of anilines is 1. The molecular weight excluding hydrogens is 427 g/mol. The van der Waals surface area contributed by atoms with Crippen LogP contribution in [0.1, 0.15) is 0 Å². The highest BCUT2D eigenvalue weighted by molar-refractivity contribution is 14.1. The predicted molar refractivity (Wildman–Crippen MR) is 86.0 cm³/mol. The minimum atomic E-state index is -4.04. The van der Waals surface area contributed by atoms with Crippen molar-refractivity contribution in [3.8, 4) is 0 Å². The summed E-state index contributed by atoms with van der Waals surface area (Å²) in [5, 5.41) is 0.391. The second-order valence-corrected chi connectivity index (χ2v) is 7.33. The topological polar surface area (TPSA) is 74.8 Å². The van der Waals surface area contributed by atoms with E-state index in [0.717, 1.165) is 15.7 Å². The van der Waals surface area contributed by atoms with E-state index in [2.05, 4.69) is 14.7 Å². The van der Waals surface area contributed by atoms with Gasteiger partial charge < -0.3 is 4.98 Å². The van der Waals surface area contributed by atoms with Crippen LogP contribution in [0.15, 0.2) is 41.6 Å². The first-order chi connectivity index (χ1) is 10.4. The summed E-state index contributed by atoms with van der Waals surface area (Å²) in [6, 6.07) is 4.26. The number of benzene rings is 1. The summed E-state index contributed by atoms with van der Waals surface area (Å²) in [5.41, 5.74) is 0.0784. The summed E-state index contributed by atoms with van der Waals surface area (Å²) in [4.78, 5) is 6.76. The largest absolute Gasteiger partial charge is 0.345 e. The molecule has 2 aromatic heterocycles. The second-order valence-electron chi connectivity index (χ2n) is 4.43. The average molecular weight is 435 g/mol. The summed E-state index contributed by atoms with van der Waals surface area (Å²) < 4.78 is 54.2. The van der Waals surface area contributed by atoms with E-state index in [1.165, 1.54) is 6.20 Å². The average Bonchev–Trinajstić information content (AvgIpc) is 2.85. The highest BCUT2D eigenvalue weighted by Gasteiger charge is 2.21. The molecule has 3 aromatic rings. The van der Waals surface area contributed by atoms with Gasteiger partial charge in [-0.3, -0.25) is 4.72 Å². The van der Waals surface area contributed by atoms with E-state index < -0.39 is 21.7 Å². The molecule has 0 atom stereocenters. The number of halogens is 3. The van der Waals surface area contributed by atoms with Crippen molar-refractivity contribution in [2.24, 2.45) is 0 Å². The molecule has 0 radical (unpaired) electrons. The maximum Gasteiger partial charge on any atom is 0.264 e. The van der Waals surface area contributed by atoms with Gasteiger partial charge in [0.15, 0.2) is 0 Å². The Morgan fingerprint density at radius 2 is 2.00 bits per heavy atom. The Labute approximate surface area is 138 Å². The Bertz CT molecular complexity index is 973. The van der Waals surface area contributed by atoms with Crippen molar-refractivity contribution in [1.29, 1.82) is 0 Å². The van der Waals surface area contributed by atoms with Gasteiger partial charge in [-0.1, -0.05) is 0 Å². The Hall–Kier alpha value is -1.75. The number of hydrogen-bond donors (Lipinski definition) is 2. The molecule has 0 aliphatic heterocycles. The van der Waals surface area contributed by atoms with Gasteiger partial charge in [0.25, 0.3) is 10.0 Å². The maximum atomic E-state index is 13.6. The predicted octanol–water partition coefficient (Wildman–Crippen LogP) is 3.25. The Morgan fingerprint density at radius 1 is 1.23 bits per heavy atom. The fraction of sp³-hybridized carbons (Fsp3) is 0. The summed E-state index contributed by atoms with van der Waals surface area (Å²) in [5.74, 6) is -1.78. The monoisotopic (exact) mass is 435 g/mol. The molecule has 0 bridgehead atoms. The van der Waals surface area contributed by atoms with Crippen molar-refractivity contribution in [2.75, 3.05) is 4.72 Å². The summed E-state index contributed by atoms with van der Waals surface area (Å²) >= 11 is 2.01. The first kappa shape index (κ1) is 15.2. The molecule has 2 N–H and O–H groups in total. The zero-order valence-electron chi connectivity index (χ0n) is 10.8. The van der Waals surface area contributed by atoms with Crippen molar-refractivity contribution < 1.29 is 17.2 Å². The number of nitrogens with zero attached hydrogens (tertiary/aromatic N) is 1. The number of rotatable bonds is 3. The van der Waals surface area contributed by atoms with Gasteiger partial charge in [-0.2, -0.15) is 0 Å². The van der Waals surface area contributed by atoms with Crippen LogP contribution < -0.4 is 4.72 Å². The van der Waals surface area contributed by atoms with Gasteiger partial charge in [-0.25, -0.2) is 22.2 Å². The van der Waals surface area contributed by atoms with Crippen LogP contribution in [0.3, 0.4) is 0 Å². The number of pyridine rings is 1. The quantitative estimate of drug-likeness (QED) is 0.621. The Kier molecular flexibility index (Phi) is 3.77. The van der Waals surface area contributed by atoms with Crippen LogP contribution in [0.5, 0.6) is 0 Å². The molecule has 0 saturated carbocycles. The van der Waals surface area contributed by atoms with Crippen LogP contribution >= 0.6 is 22.6 Å². The first-order valence-corrected chi connectivity index (χ1v) is 8.53. The van der Waals surface area contributed by atoms with Crippen molar-refractivity contribution in [3.63, 3.8) is 0 Å². The minimum absolute atomic E-state index is 0.0581. The Morgan fingerprint density at radius 3 is 2.73 bits per heavy atom. The third-order valence-corrected chi connectivity index (χ3v) is 4.92. The van der Waals surface area contributed by atoms with Gasteiger partial charge in [-0.15, -0.1) is 0 Å². The molecule has 0 aliphatic rings. The third kappa shape index (κ3) is 2.77. The van der Waals surface area contributed by atoms with E-state index in [-0.39, 0.29) is 10.6 Å². The molecule has 1 aromatic carbocycles. The van der Waals surface area contributed by atoms with E-state index in [0.29, 0.717) is 17.1 Å². The van der Waals surface area contributed by atoms with Crippen molar-refractivity contribution in [3.05, 3.63) is 51.9 Å². The molecular formula is C13H8F2IN3O2S. The lowest BCUT2D eigenvalue weighted by Crippen LogP contribution is -2.13. The maximum absolute atomic E-state index is 13.6. The summed E-state index contributed by atoms with van der Waals surface area (Å²) in [6.45, 7) is 0. The molecule has 114 valence electrons. The number of sulfonamides is 1. The standard InChI is InChI=1S/C13H8F2IN3O2S/c14-7-1-2-11(10(15)3-7)19-22(20,21)12-6-18-13-9(12)4-8(16)5-17-13/h1-6,19H,(H,17,18). The van der Waals surface area contributed by atoms with E-state index in [9.17, 15) is 17.2 Å². The lowest BCUT2D eigenvalue weighted by atomic mass is 10.3. The van der Waals surface area contributed by atoms with Crippen LogP contribution in [0.2, 0.25) is 0 Å². The minimum Gasteiger partial charge on any atom is -0.345 e. The lowest BCUT2D eigenvalue weighted by molar-refractivity contribution is 0.583. The van der Waals surface area contributed by atoms with Gasteiger partial charge in [0, 0.05) is 27.4 Å². The molecule has 3 rings (SSSR count). The van der Waals surface area contributed by atoms with Crippen molar-refractivity contribution in [2.45, 2.75) is 4.90 Å². The van der Waals surface area contributed by atoms with Gasteiger partial charge in [0.05, 0.1) is 5.69 Å². The molecule has 22 heavy (non-hydrogen) atoms. The molecule has 9 heteroatoms. The van der Waals surface area contributed by atoms with Gasteiger partial charge in [0.1, 0.15) is 22.2 Å². The normalized spacial score (nSPS) is 11.8. The van der Waals surface area contributed by atoms with Crippen LogP contribution in [-0.4, -0.2) is 18.4 Å². The Balaban J connectivity index is 2.06. The molecule has 0 unspecified atom stereocenters. The molecule has 2 heterocycles. The van der Waals surface area contributed by atoms with E-state index >= 15 is 0 Å². The summed E-state index contributed by atoms with van der Waals surface area (Å²) in [7, 11) is -4.04. The van der Waals surface area contributed by atoms with E-state index in [4.69, 9.17) is 0 Å². The molecule has 0 saturated heterocycles. The zero-order valence-corrected chi connectivity index (χ0v) is 13.7. The molecule has 0 amide bonds. The second kappa shape index (κ2) is 5.47. The molecule has 5 nitrogen and oxygen atoms in total. The summed E-state index contributed by atoms with van der Waals surface area (Å²) in [6.07, 6.45) is 2.86.